The molecule has 6 heteroatoms. The maximum atomic E-state index is 12.0. The Kier molecular flexibility index (Phi) is 6.83. The molecular weight excluding hydrogens is 338 g/mol. The fraction of sp³-hybridized carbons (Fsp3) is 0.263. The van der Waals surface area contributed by atoms with Gasteiger partial charge in [0.05, 0.1) is 12.6 Å². The van der Waals surface area contributed by atoms with Crippen LogP contribution >= 0.6 is 11.6 Å². The minimum absolute atomic E-state index is 0.103. The molecule has 0 radical (unpaired) electrons. The van der Waals surface area contributed by atoms with Crippen molar-refractivity contribution in [3.63, 3.8) is 0 Å². The van der Waals surface area contributed by atoms with Crippen LogP contribution in [0.1, 0.15) is 29.7 Å². The molecule has 0 saturated carbocycles. The van der Waals surface area contributed by atoms with Crippen molar-refractivity contribution in [3.05, 3.63) is 70.2 Å². The zero-order chi connectivity index (χ0) is 18.2. The van der Waals surface area contributed by atoms with Gasteiger partial charge in [-0.3, -0.25) is 4.79 Å². The number of benzene rings is 2. The molecule has 0 aliphatic heterocycles. The Morgan fingerprint density at radius 1 is 1.04 bits per heavy atom. The summed E-state index contributed by atoms with van der Waals surface area (Å²) in [6.45, 7) is 4.15. The van der Waals surface area contributed by atoms with E-state index >= 15 is 0 Å². The summed E-state index contributed by atoms with van der Waals surface area (Å²) in [5.74, 6) is -0.280. The summed E-state index contributed by atoms with van der Waals surface area (Å²) in [6, 6.07) is 14.6. The van der Waals surface area contributed by atoms with E-state index in [1.807, 2.05) is 56.3 Å². The van der Waals surface area contributed by atoms with Gasteiger partial charge in [0.1, 0.15) is 0 Å². The van der Waals surface area contributed by atoms with Gasteiger partial charge in [0.25, 0.3) is 0 Å². The van der Waals surface area contributed by atoms with E-state index in [1.54, 1.807) is 6.07 Å². The second-order valence-corrected chi connectivity index (χ2v) is 6.24. The highest BCUT2D eigenvalue weighted by molar-refractivity contribution is 6.31. The van der Waals surface area contributed by atoms with Crippen LogP contribution in [0.15, 0.2) is 48.5 Å². The van der Waals surface area contributed by atoms with Crippen molar-refractivity contribution in [2.75, 3.05) is 6.54 Å². The first-order chi connectivity index (χ1) is 12.0. The molecule has 2 rings (SSSR count). The first-order valence-electron chi connectivity index (χ1n) is 8.06. The van der Waals surface area contributed by atoms with Gasteiger partial charge in [0, 0.05) is 11.6 Å². The van der Waals surface area contributed by atoms with Crippen LogP contribution in [0.4, 0.5) is 4.79 Å². The van der Waals surface area contributed by atoms with Gasteiger partial charge in [-0.25, -0.2) is 4.79 Å². The Morgan fingerprint density at radius 3 is 2.40 bits per heavy atom. The summed E-state index contributed by atoms with van der Waals surface area (Å²) in [6.07, 6.45) is 0. The summed E-state index contributed by atoms with van der Waals surface area (Å²) in [5.41, 5.74) is 3.00. The molecule has 0 spiro atoms. The van der Waals surface area contributed by atoms with Gasteiger partial charge in [-0.05, 0) is 31.0 Å². The van der Waals surface area contributed by atoms with Crippen LogP contribution in [0.25, 0.3) is 0 Å². The smallest absolute Gasteiger partial charge is 0.315 e. The third kappa shape index (κ3) is 6.12. The van der Waals surface area contributed by atoms with Crippen LogP contribution in [0.3, 0.4) is 0 Å². The van der Waals surface area contributed by atoms with Crippen molar-refractivity contribution in [1.82, 2.24) is 16.0 Å². The minimum atomic E-state index is -0.388. The fourth-order valence-electron chi connectivity index (χ4n) is 2.31. The highest BCUT2D eigenvalue weighted by Crippen LogP contribution is 2.21. The standard InChI is InChI=1S/C19H22ClN3O2/c1-13-7-9-15(10-8-13)11-21-19(25)22-12-18(24)23-14(2)16-5-3-4-6-17(16)20/h3-10,14H,11-12H2,1-2H3,(H,23,24)(H2,21,22,25). The molecule has 0 bridgehead atoms. The van der Waals surface area contributed by atoms with Crippen molar-refractivity contribution >= 4 is 23.5 Å². The van der Waals surface area contributed by atoms with E-state index in [9.17, 15) is 9.59 Å². The normalized spacial score (nSPS) is 11.5. The number of rotatable bonds is 6. The molecule has 1 unspecified atom stereocenters. The Bertz CT molecular complexity index is 732. The largest absolute Gasteiger partial charge is 0.348 e. The van der Waals surface area contributed by atoms with Crippen molar-refractivity contribution in [1.29, 1.82) is 0 Å². The number of carbonyl (C=O) groups excluding carboxylic acids is 2. The molecule has 0 aliphatic rings. The number of urea groups is 1. The lowest BCUT2D eigenvalue weighted by molar-refractivity contribution is -0.120. The maximum absolute atomic E-state index is 12.0. The zero-order valence-corrected chi connectivity index (χ0v) is 15.1. The van der Waals surface area contributed by atoms with Crippen molar-refractivity contribution in [2.45, 2.75) is 26.4 Å². The number of nitrogens with one attached hydrogen (secondary N) is 3. The van der Waals surface area contributed by atoms with Gasteiger partial charge in [-0.15, -0.1) is 0 Å². The van der Waals surface area contributed by atoms with E-state index in [0.29, 0.717) is 11.6 Å². The maximum Gasteiger partial charge on any atom is 0.315 e. The lowest BCUT2D eigenvalue weighted by Crippen LogP contribution is -2.42. The Labute approximate surface area is 152 Å². The highest BCUT2D eigenvalue weighted by atomic mass is 35.5. The Morgan fingerprint density at radius 2 is 1.72 bits per heavy atom. The fourth-order valence-corrected chi connectivity index (χ4v) is 2.61. The molecule has 0 aromatic heterocycles. The molecule has 25 heavy (non-hydrogen) atoms. The molecular formula is C19H22ClN3O2. The second kappa shape index (κ2) is 9.08. The minimum Gasteiger partial charge on any atom is -0.348 e. The Hall–Kier alpha value is -2.53. The molecule has 2 aromatic carbocycles. The molecule has 2 aromatic rings. The molecule has 132 valence electrons. The molecule has 3 amide bonds. The van der Waals surface area contributed by atoms with E-state index in [1.165, 1.54) is 0 Å². The first kappa shape index (κ1) is 18.8. The number of hydrogen-bond acceptors (Lipinski definition) is 2. The van der Waals surface area contributed by atoms with Crippen LogP contribution in [0.5, 0.6) is 0 Å². The summed E-state index contributed by atoms with van der Waals surface area (Å²) >= 11 is 6.11. The van der Waals surface area contributed by atoms with E-state index in [0.717, 1.165) is 16.7 Å². The lowest BCUT2D eigenvalue weighted by Gasteiger charge is -2.16. The van der Waals surface area contributed by atoms with Crippen molar-refractivity contribution in [2.24, 2.45) is 0 Å². The third-order valence-corrected chi connectivity index (χ3v) is 4.08. The summed E-state index contributed by atoms with van der Waals surface area (Å²) in [4.78, 5) is 23.7. The molecule has 0 aliphatic carbocycles. The van der Waals surface area contributed by atoms with E-state index in [2.05, 4.69) is 16.0 Å². The monoisotopic (exact) mass is 359 g/mol. The topological polar surface area (TPSA) is 70.2 Å². The van der Waals surface area contributed by atoms with Gasteiger partial charge in [0.2, 0.25) is 5.91 Å². The number of carbonyl (C=O) groups is 2. The number of amides is 3. The summed E-state index contributed by atoms with van der Waals surface area (Å²) in [5, 5.41) is 8.66. The number of aryl methyl sites for hydroxylation is 1. The predicted molar refractivity (Wildman–Crippen MR) is 99.4 cm³/mol. The van der Waals surface area contributed by atoms with Gasteiger partial charge in [0.15, 0.2) is 0 Å². The van der Waals surface area contributed by atoms with Gasteiger partial charge in [-0.2, -0.15) is 0 Å². The van der Waals surface area contributed by atoms with Crippen LogP contribution in [-0.2, 0) is 11.3 Å². The quantitative estimate of drug-likeness (QED) is 0.740. The zero-order valence-electron chi connectivity index (χ0n) is 14.3. The SMILES string of the molecule is Cc1ccc(CNC(=O)NCC(=O)NC(C)c2ccccc2Cl)cc1. The second-order valence-electron chi connectivity index (χ2n) is 5.83. The average molecular weight is 360 g/mol. The van der Waals surface area contributed by atoms with E-state index in [-0.39, 0.29) is 24.5 Å². The number of halogens is 1. The van der Waals surface area contributed by atoms with Gasteiger partial charge in [-0.1, -0.05) is 59.6 Å². The first-order valence-corrected chi connectivity index (χ1v) is 8.44. The van der Waals surface area contributed by atoms with Crippen LogP contribution < -0.4 is 16.0 Å². The lowest BCUT2D eigenvalue weighted by atomic mass is 10.1. The van der Waals surface area contributed by atoms with Crippen LogP contribution in [0, 0.1) is 6.92 Å². The summed E-state index contributed by atoms with van der Waals surface area (Å²) < 4.78 is 0. The molecule has 0 fully saturated rings. The average Bonchev–Trinajstić information content (AvgIpc) is 2.59. The predicted octanol–water partition coefficient (Wildman–Crippen LogP) is 3.33. The summed E-state index contributed by atoms with van der Waals surface area (Å²) in [7, 11) is 0. The van der Waals surface area contributed by atoms with Gasteiger partial charge < -0.3 is 16.0 Å². The van der Waals surface area contributed by atoms with Crippen molar-refractivity contribution in [3.8, 4) is 0 Å². The Balaban J connectivity index is 1.73. The third-order valence-electron chi connectivity index (χ3n) is 3.73. The van der Waals surface area contributed by atoms with E-state index < -0.39 is 0 Å². The highest BCUT2D eigenvalue weighted by Gasteiger charge is 2.12. The van der Waals surface area contributed by atoms with Crippen molar-refractivity contribution < 1.29 is 9.59 Å². The molecule has 3 N–H and O–H groups in total. The van der Waals surface area contributed by atoms with Crippen LogP contribution in [0.2, 0.25) is 5.02 Å². The van der Waals surface area contributed by atoms with Crippen LogP contribution in [-0.4, -0.2) is 18.5 Å². The van der Waals surface area contributed by atoms with Gasteiger partial charge >= 0.3 is 6.03 Å². The van der Waals surface area contributed by atoms with E-state index in [4.69, 9.17) is 11.6 Å². The number of hydrogen-bond donors (Lipinski definition) is 3. The molecule has 0 saturated heterocycles. The molecule has 1 atom stereocenters. The molecule has 0 heterocycles. The molecule has 5 nitrogen and oxygen atoms in total.